The predicted molar refractivity (Wildman–Crippen MR) is 66.4 cm³/mol. The van der Waals surface area contributed by atoms with Crippen LogP contribution in [0.3, 0.4) is 0 Å². The van der Waals surface area contributed by atoms with Crippen LogP contribution in [0.4, 0.5) is 0 Å². The first-order valence-electron chi connectivity index (χ1n) is 5.76. The minimum Gasteiger partial charge on any atom is -0.496 e. The van der Waals surface area contributed by atoms with Gasteiger partial charge in [-0.1, -0.05) is 0 Å². The minimum absolute atomic E-state index is 0.00445. The highest BCUT2D eigenvalue weighted by atomic mass is 16.5. The molecule has 0 radical (unpaired) electrons. The highest BCUT2D eigenvalue weighted by molar-refractivity contribution is 5.66. The van der Waals surface area contributed by atoms with E-state index in [0.717, 1.165) is 17.0 Å². The van der Waals surface area contributed by atoms with Crippen LogP contribution in [0.1, 0.15) is 17.8 Å². The van der Waals surface area contributed by atoms with Gasteiger partial charge in [-0.25, -0.2) is 0 Å². The van der Waals surface area contributed by atoms with Crippen molar-refractivity contribution in [2.24, 2.45) is 0 Å². The van der Waals surface area contributed by atoms with E-state index in [4.69, 9.17) is 9.84 Å². The molecule has 0 fully saturated rings. The molecule has 2 aromatic rings. The van der Waals surface area contributed by atoms with Gasteiger partial charge in [0.2, 0.25) is 0 Å². The van der Waals surface area contributed by atoms with E-state index < -0.39 is 5.97 Å². The number of rotatable bonds is 5. The normalized spacial score (nSPS) is 10.4. The number of carboxylic acids is 1. The Morgan fingerprint density at radius 1 is 1.47 bits per heavy atom. The molecule has 19 heavy (non-hydrogen) atoms. The first-order chi connectivity index (χ1) is 9.11. The van der Waals surface area contributed by atoms with Crippen molar-refractivity contribution in [2.75, 3.05) is 7.11 Å². The maximum Gasteiger partial charge on any atom is 0.303 e. The Bertz CT molecular complexity index is 594. The van der Waals surface area contributed by atoms with Crippen molar-refractivity contribution >= 4 is 5.97 Å². The van der Waals surface area contributed by atoms with Gasteiger partial charge in [0.15, 0.2) is 5.82 Å². The summed E-state index contributed by atoms with van der Waals surface area (Å²) >= 11 is 0. The number of ether oxygens (including phenoxy) is 1. The Kier molecular flexibility index (Phi) is 3.74. The maximum atomic E-state index is 10.6. The van der Waals surface area contributed by atoms with Gasteiger partial charge in [-0.15, -0.1) is 5.10 Å². The van der Waals surface area contributed by atoms with Crippen LogP contribution in [-0.2, 0) is 11.2 Å². The van der Waals surface area contributed by atoms with E-state index in [1.165, 1.54) is 4.68 Å². The van der Waals surface area contributed by atoms with Crippen molar-refractivity contribution in [1.82, 2.24) is 20.2 Å². The average Bonchev–Trinajstić information content (AvgIpc) is 2.84. The Hall–Kier alpha value is -2.44. The molecule has 0 saturated carbocycles. The van der Waals surface area contributed by atoms with Crippen LogP contribution < -0.4 is 4.74 Å². The lowest BCUT2D eigenvalue weighted by molar-refractivity contribution is -0.137. The van der Waals surface area contributed by atoms with Gasteiger partial charge in [-0.2, -0.15) is 4.68 Å². The topological polar surface area (TPSA) is 90.1 Å². The SMILES string of the molecule is COc1ccc(-n2nnnc2CCC(=O)O)cc1C. The number of carboxylic acid groups (broad SMARTS) is 1. The summed E-state index contributed by atoms with van der Waals surface area (Å²) in [6, 6.07) is 5.54. The molecule has 0 saturated heterocycles. The monoisotopic (exact) mass is 262 g/mol. The van der Waals surface area contributed by atoms with E-state index in [0.29, 0.717) is 5.82 Å². The standard InChI is InChI=1S/C12H14N4O3/c1-8-7-9(3-4-10(8)19-2)16-11(13-14-15-16)5-6-12(17)18/h3-4,7H,5-6H2,1-2H3,(H,17,18). The molecule has 100 valence electrons. The lowest BCUT2D eigenvalue weighted by Crippen LogP contribution is -2.06. The van der Waals surface area contributed by atoms with Crippen LogP contribution in [-0.4, -0.2) is 38.4 Å². The largest absolute Gasteiger partial charge is 0.496 e. The summed E-state index contributed by atoms with van der Waals surface area (Å²) in [5, 5.41) is 20.0. The number of nitrogens with zero attached hydrogens (tertiary/aromatic N) is 4. The second-order valence-electron chi connectivity index (χ2n) is 4.05. The number of methoxy groups -OCH3 is 1. The van der Waals surface area contributed by atoms with Gasteiger partial charge in [0.25, 0.3) is 0 Å². The molecule has 1 heterocycles. The van der Waals surface area contributed by atoms with Crippen molar-refractivity contribution in [3.8, 4) is 11.4 Å². The zero-order chi connectivity index (χ0) is 13.8. The molecule has 7 heteroatoms. The molecule has 0 aliphatic heterocycles. The second kappa shape index (κ2) is 5.47. The van der Waals surface area contributed by atoms with Crippen molar-refractivity contribution < 1.29 is 14.6 Å². The molecular weight excluding hydrogens is 248 g/mol. The van der Waals surface area contributed by atoms with E-state index in [9.17, 15) is 4.79 Å². The number of aliphatic carboxylic acids is 1. The second-order valence-corrected chi connectivity index (χ2v) is 4.05. The molecule has 1 aromatic carbocycles. The maximum absolute atomic E-state index is 10.6. The molecule has 1 aromatic heterocycles. The summed E-state index contributed by atoms with van der Waals surface area (Å²) < 4.78 is 6.72. The van der Waals surface area contributed by atoms with Crippen molar-refractivity contribution in [1.29, 1.82) is 0 Å². The Morgan fingerprint density at radius 2 is 2.26 bits per heavy atom. The third kappa shape index (κ3) is 2.87. The lowest BCUT2D eigenvalue weighted by Gasteiger charge is -2.08. The van der Waals surface area contributed by atoms with Crippen LogP contribution in [0.25, 0.3) is 5.69 Å². The zero-order valence-electron chi connectivity index (χ0n) is 10.7. The van der Waals surface area contributed by atoms with E-state index in [1.54, 1.807) is 7.11 Å². The number of benzene rings is 1. The third-order valence-corrected chi connectivity index (χ3v) is 2.72. The molecule has 0 aliphatic carbocycles. The highest BCUT2D eigenvalue weighted by Gasteiger charge is 2.11. The lowest BCUT2D eigenvalue weighted by atomic mass is 10.2. The van der Waals surface area contributed by atoms with Crippen LogP contribution in [0.2, 0.25) is 0 Å². The molecule has 0 atom stereocenters. The minimum atomic E-state index is -0.875. The highest BCUT2D eigenvalue weighted by Crippen LogP contribution is 2.20. The summed E-state index contributed by atoms with van der Waals surface area (Å²) in [6.07, 6.45) is 0.281. The molecule has 0 aliphatic rings. The molecule has 0 amide bonds. The summed E-state index contributed by atoms with van der Waals surface area (Å²) in [7, 11) is 1.61. The number of hydrogen-bond acceptors (Lipinski definition) is 5. The summed E-state index contributed by atoms with van der Waals surface area (Å²) in [5.41, 5.74) is 1.74. The fourth-order valence-electron chi connectivity index (χ4n) is 1.78. The Morgan fingerprint density at radius 3 is 2.89 bits per heavy atom. The molecule has 0 unspecified atom stereocenters. The van der Waals surface area contributed by atoms with Gasteiger partial charge in [0.1, 0.15) is 5.75 Å². The van der Waals surface area contributed by atoms with Gasteiger partial charge < -0.3 is 9.84 Å². The molecule has 0 spiro atoms. The molecule has 7 nitrogen and oxygen atoms in total. The fourth-order valence-corrected chi connectivity index (χ4v) is 1.78. The number of carbonyl (C=O) groups is 1. The van der Waals surface area contributed by atoms with Crippen LogP contribution >= 0.6 is 0 Å². The number of tetrazole rings is 1. The van der Waals surface area contributed by atoms with Gasteiger partial charge in [-0.05, 0) is 41.1 Å². The predicted octanol–water partition coefficient (Wildman–Crippen LogP) is 0.997. The van der Waals surface area contributed by atoms with Crippen LogP contribution in [0, 0.1) is 6.92 Å². The van der Waals surface area contributed by atoms with E-state index in [-0.39, 0.29) is 12.8 Å². The zero-order valence-corrected chi connectivity index (χ0v) is 10.7. The molecule has 0 bridgehead atoms. The quantitative estimate of drug-likeness (QED) is 0.864. The van der Waals surface area contributed by atoms with E-state index >= 15 is 0 Å². The third-order valence-electron chi connectivity index (χ3n) is 2.72. The van der Waals surface area contributed by atoms with E-state index in [1.807, 2.05) is 25.1 Å². The van der Waals surface area contributed by atoms with Gasteiger partial charge in [0, 0.05) is 6.42 Å². The fraction of sp³-hybridized carbons (Fsp3) is 0.333. The first-order valence-corrected chi connectivity index (χ1v) is 5.76. The van der Waals surface area contributed by atoms with Crippen molar-refractivity contribution in [3.63, 3.8) is 0 Å². The number of aromatic nitrogens is 4. The summed E-state index contributed by atoms with van der Waals surface area (Å²) in [6.45, 7) is 1.92. The molecule has 2 rings (SSSR count). The summed E-state index contributed by atoms with van der Waals surface area (Å²) in [4.78, 5) is 10.6. The van der Waals surface area contributed by atoms with E-state index in [2.05, 4.69) is 15.5 Å². The smallest absolute Gasteiger partial charge is 0.303 e. The molecular formula is C12H14N4O3. The van der Waals surface area contributed by atoms with Gasteiger partial charge in [-0.3, -0.25) is 4.79 Å². The Labute approximate surface area is 109 Å². The average molecular weight is 262 g/mol. The first kappa shape index (κ1) is 13.0. The van der Waals surface area contributed by atoms with Crippen LogP contribution in [0.5, 0.6) is 5.75 Å². The Balaban J connectivity index is 2.29. The number of hydrogen-bond donors (Lipinski definition) is 1. The van der Waals surface area contributed by atoms with Crippen LogP contribution in [0.15, 0.2) is 18.2 Å². The van der Waals surface area contributed by atoms with Crippen molar-refractivity contribution in [3.05, 3.63) is 29.6 Å². The molecule has 1 N–H and O–H groups in total. The van der Waals surface area contributed by atoms with Gasteiger partial charge in [0.05, 0.1) is 19.2 Å². The number of aryl methyl sites for hydroxylation is 2. The van der Waals surface area contributed by atoms with Crippen molar-refractivity contribution in [2.45, 2.75) is 19.8 Å². The van der Waals surface area contributed by atoms with Gasteiger partial charge >= 0.3 is 5.97 Å². The summed E-state index contributed by atoms with van der Waals surface area (Å²) in [5.74, 6) is 0.427.